The molecule has 0 aliphatic rings. The molecule has 0 saturated carbocycles. The fourth-order valence-electron chi connectivity index (χ4n) is 1.92. The Morgan fingerprint density at radius 3 is 2.68 bits per heavy atom. The molecule has 0 aromatic carbocycles. The Balaban J connectivity index is 2.57. The smallest absolute Gasteiger partial charge is 0.180 e. The molecule has 1 N–H and O–H groups in total. The van der Waals surface area contributed by atoms with Crippen molar-refractivity contribution in [2.45, 2.75) is 33.1 Å². The molecule has 0 bridgehead atoms. The van der Waals surface area contributed by atoms with Crippen molar-refractivity contribution in [1.29, 1.82) is 0 Å². The largest absolute Gasteiger partial charge is 0.373 e. The molecule has 0 spiro atoms. The average Bonchev–Trinajstić information content (AvgIpc) is 2.46. The zero-order chi connectivity index (χ0) is 13.8. The number of nitrogens with zero attached hydrogens (tertiary/aromatic N) is 3. The number of aryl methyl sites for hydroxylation is 1. The van der Waals surface area contributed by atoms with Crippen LogP contribution in [0.3, 0.4) is 0 Å². The van der Waals surface area contributed by atoms with Crippen LogP contribution >= 0.6 is 0 Å². The Hall–Kier alpha value is -1.97. The highest BCUT2D eigenvalue weighted by atomic mass is 15.0. The van der Waals surface area contributed by atoms with Crippen LogP contribution in [0.25, 0.3) is 11.5 Å². The van der Waals surface area contributed by atoms with E-state index in [1.54, 1.807) is 6.20 Å². The Kier molecular flexibility index (Phi) is 4.10. The van der Waals surface area contributed by atoms with Crippen LogP contribution in [-0.2, 0) is 6.42 Å². The fourth-order valence-corrected chi connectivity index (χ4v) is 1.92. The maximum absolute atomic E-state index is 4.65. The first kappa shape index (κ1) is 13.5. The number of anilines is 1. The van der Waals surface area contributed by atoms with Gasteiger partial charge < -0.3 is 5.32 Å². The summed E-state index contributed by atoms with van der Waals surface area (Å²) in [6, 6.07) is 6.02. The van der Waals surface area contributed by atoms with E-state index < -0.39 is 0 Å². The highest BCUT2D eigenvalue weighted by Gasteiger charge is 2.12. The van der Waals surface area contributed by atoms with Gasteiger partial charge in [-0.1, -0.05) is 26.8 Å². The molecule has 0 fully saturated rings. The van der Waals surface area contributed by atoms with Crippen molar-refractivity contribution in [1.82, 2.24) is 15.0 Å². The second-order valence-corrected chi connectivity index (χ2v) is 4.77. The average molecular weight is 256 g/mol. The van der Waals surface area contributed by atoms with Gasteiger partial charge >= 0.3 is 0 Å². The van der Waals surface area contributed by atoms with E-state index in [4.69, 9.17) is 0 Å². The van der Waals surface area contributed by atoms with Gasteiger partial charge in [0.05, 0.1) is 0 Å². The van der Waals surface area contributed by atoms with E-state index >= 15 is 0 Å². The van der Waals surface area contributed by atoms with E-state index in [2.05, 4.69) is 47.1 Å². The van der Waals surface area contributed by atoms with Gasteiger partial charge in [-0.3, -0.25) is 4.98 Å². The van der Waals surface area contributed by atoms with Gasteiger partial charge in [0.2, 0.25) is 0 Å². The molecule has 0 unspecified atom stereocenters. The van der Waals surface area contributed by atoms with Crippen molar-refractivity contribution in [3.63, 3.8) is 0 Å². The number of pyridine rings is 1. The molecule has 0 amide bonds. The van der Waals surface area contributed by atoms with Crippen LogP contribution in [0.2, 0.25) is 0 Å². The predicted molar refractivity (Wildman–Crippen MR) is 78.3 cm³/mol. The van der Waals surface area contributed by atoms with Crippen LogP contribution in [0.5, 0.6) is 0 Å². The van der Waals surface area contributed by atoms with Crippen LogP contribution in [0.1, 0.15) is 37.9 Å². The maximum Gasteiger partial charge on any atom is 0.180 e. The summed E-state index contributed by atoms with van der Waals surface area (Å²) in [5, 5.41) is 3.09. The summed E-state index contributed by atoms with van der Waals surface area (Å²) in [7, 11) is 1.87. The minimum absolute atomic E-state index is 0.364. The van der Waals surface area contributed by atoms with Crippen molar-refractivity contribution < 1.29 is 0 Å². The molecule has 4 heteroatoms. The number of rotatable bonds is 4. The highest BCUT2D eigenvalue weighted by molar-refractivity contribution is 5.57. The van der Waals surface area contributed by atoms with Gasteiger partial charge in [-0.2, -0.15) is 0 Å². The lowest BCUT2D eigenvalue weighted by Gasteiger charge is -2.11. The van der Waals surface area contributed by atoms with Crippen molar-refractivity contribution in [3.05, 3.63) is 35.7 Å². The number of aromatic nitrogens is 3. The predicted octanol–water partition coefficient (Wildman–Crippen LogP) is 3.27. The summed E-state index contributed by atoms with van der Waals surface area (Å²) in [6.07, 6.45) is 2.71. The van der Waals surface area contributed by atoms with Crippen molar-refractivity contribution >= 4 is 5.82 Å². The quantitative estimate of drug-likeness (QED) is 0.912. The Morgan fingerprint density at radius 2 is 2.05 bits per heavy atom. The summed E-state index contributed by atoms with van der Waals surface area (Å²) in [5.74, 6) is 1.90. The SMILES string of the molecule is CCc1cccnc1-c1nc(NC)cc(C(C)C)n1. The first-order valence-electron chi connectivity index (χ1n) is 6.66. The monoisotopic (exact) mass is 256 g/mol. The minimum Gasteiger partial charge on any atom is -0.373 e. The van der Waals surface area contributed by atoms with Crippen molar-refractivity contribution in [3.8, 4) is 11.5 Å². The molecule has 2 rings (SSSR count). The first-order valence-corrected chi connectivity index (χ1v) is 6.66. The molecule has 0 radical (unpaired) electrons. The van der Waals surface area contributed by atoms with Gasteiger partial charge in [-0.25, -0.2) is 9.97 Å². The van der Waals surface area contributed by atoms with Crippen LogP contribution < -0.4 is 5.32 Å². The molecule has 0 saturated heterocycles. The van der Waals surface area contributed by atoms with E-state index in [1.165, 1.54) is 5.56 Å². The molecule has 4 nitrogen and oxygen atoms in total. The van der Waals surface area contributed by atoms with Crippen molar-refractivity contribution in [2.24, 2.45) is 0 Å². The van der Waals surface area contributed by atoms with Gasteiger partial charge in [-0.15, -0.1) is 0 Å². The standard InChI is InChI=1S/C15H20N4/c1-5-11-7-6-8-17-14(11)15-18-12(10(2)3)9-13(16-4)19-15/h6-10H,5H2,1-4H3,(H,16,18,19). The minimum atomic E-state index is 0.364. The summed E-state index contributed by atoms with van der Waals surface area (Å²) >= 11 is 0. The molecule has 2 aromatic rings. The second kappa shape index (κ2) is 5.78. The lowest BCUT2D eigenvalue weighted by Crippen LogP contribution is -2.04. The normalized spacial score (nSPS) is 10.8. The van der Waals surface area contributed by atoms with Crippen LogP contribution in [0.15, 0.2) is 24.4 Å². The van der Waals surface area contributed by atoms with Gasteiger partial charge in [-0.05, 0) is 24.0 Å². The first-order chi connectivity index (χ1) is 9.15. The van der Waals surface area contributed by atoms with Gasteiger partial charge in [0.15, 0.2) is 5.82 Å². The molecule has 100 valence electrons. The molecule has 2 aromatic heterocycles. The maximum atomic E-state index is 4.65. The van der Waals surface area contributed by atoms with E-state index in [0.717, 1.165) is 23.6 Å². The molecule has 0 aliphatic heterocycles. The Labute approximate surface area is 114 Å². The van der Waals surface area contributed by atoms with Gasteiger partial charge in [0, 0.05) is 25.0 Å². The molecular formula is C15H20N4. The fraction of sp³-hybridized carbons (Fsp3) is 0.400. The number of hydrogen-bond acceptors (Lipinski definition) is 4. The van der Waals surface area contributed by atoms with E-state index in [9.17, 15) is 0 Å². The Morgan fingerprint density at radius 1 is 1.26 bits per heavy atom. The van der Waals surface area contributed by atoms with Crippen molar-refractivity contribution in [2.75, 3.05) is 12.4 Å². The van der Waals surface area contributed by atoms with Crippen LogP contribution in [0, 0.1) is 0 Å². The third-order valence-electron chi connectivity index (χ3n) is 3.08. The molecule has 19 heavy (non-hydrogen) atoms. The van der Waals surface area contributed by atoms with E-state index in [1.807, 2.05) is 19.2 Å². The summed E-state index contributed by atoms with van der Waals surface area (Å²) in [5.41, 5.74) is 3.08. The molecule has 0 atom stereocenters. The zero-order valence-electron chi connectivity index (χ0n) is 11.9. The lowest BCUT2D eigenvalue weighted by molar-refractivity contribution is 0.816. The summed E-state index contributed by atoms with van der Waals surface area (Å²) < 4.78 is 0. The third-order valence-corrected chi connectivity index (χ3v) is 3.08. The number of nitrogens with one attached hydrogen (secondary N) is 1. The van der Waals surface area contributed by atoms with Crippen LogP contribution in [0.4, 0.5) is 5.82 Å². The van der Waals surface area contributed by atoms with Gasteiger partial charge in [0.25, 0.3) is 0 Å². The van der Waals surface area contributed by atoms with Crippen LogP contribution in [-0.4, -0.2) is 22.0 Å². The zero-order valence-corrected chi connectivity index (χ0v) is 11.9. The summed E-state index contributed by atoms with van der Waals surface area (Å²) in [4.78, 5) is 13.6. The molecule has 0 aliphatic carbocycles. The van der Waals surface area contributed by atoms with E-state index in [-0.39, 0.29) is 0 Å². The van der Waals surface area contributed by atoms with Gasteiger partial charge in [0.1, 0.15) is 11.5 Å². The lowest BCUT2D eigenvalue weighted by atomic mass is 10.1. The molecular weight excluding hydrogens is 236 g/mol. The topological polar surface area (TPSA) is 50.7 Å². The highest BCUT2D eigenvalue weighted by Crippen LogP contribution is 2.23. The Bertz CT molecular complexity index is 564. The summed E-state index contributed by atoms with van der Waals surface area (Å²) in [6.45, 7) is 6.38. The second-order valence-electron chi connectivity index (χ2n) is 4.77. The number of hydrogen-bond donors (Lipinski definition) is 1. The molecule has 2 heterocycles. The van der Waals surface area contributed by atoms with E-state index in [0.29, 0.717) is 11.7 Å². The third kappa shape index (κ3) is 2.89.